The summed E-state index contributed by atoms with van der Waals surface area (Å²) in [6.45, 7) is -0.179. The number of carbonyl (C=O) groups excluding carboxylic acids is 2. The summed E-state index contributed by atoms with van der Waals surface area (Å²) in [4.78, 5) is 26.0. The second-order valence-corrected chi connectivity index (χ2v) is 8.23. The SMILES string of the molecule is COc1ccc(C(=O)NCC(=O)N/N=C2\CCCc3sc4ccccc4c32)cc1OC. The van der Waals surface area contributed by atoms with Gasteiger partial charge >= 0.3 is 0 Å². The Balaban J connectivity index is 1.40. The van der Waals surface area contributed by atoms with Crippen LogP contribution in [0.5, 0.6) is 11.5 Å². The van der Waals surface area contributed by atoms with Gasteiger partial charge in [0.2, 0.25) is 0 Å². The van der Waals surface area contributed by atoms with Crippen LogP contribution in [0.1, 0.15) is 33.6 Å². The molecule has 1 aromatic heterocycles. The average molecular weight is 438 g/mol. The number of amides is 2. The number of thiophene rings is 1. The zero-order valence-electron chi connectivity index (χ0n) is 17.4. The van der Waals surface area contributed by atoms with Crippen molar-refractivity contribution >= 4 is 38.9 Å². The van der Waals surface area contributed by atoms with Crippen LogP contribution in [0.2, 0.25) is 0 Å². The normalized spacial score (nSPS) is 14.2. The van der Waals surface area contributed by atoms with E-state index in [0.29, 0.717) is 17.1 Å². The molecule has 7 nitrogen and oxygen atoms in total. The lowest BCUT2D eigenvalue weighted by Crippen LogP contribution is -2.35. The third kappa shape index (κ3) is 4.39. The van der Waals surface area contributed by atoms with Gasteiger partial charge in [0.05, 0.1) is 26.5 Å². The van der Waals surface area contributed by atoms with E-state index in [2.05, 4.69) is 28.0 Å². The van der Waals surface area contributed by atoms with Crippen molar-refractivity contribution in [3.8, 4) is 11.5 Å². The molecule has 160 valence electrons. The van der Waals surface area contributed by atoms with Crippen LogP contribution in [0.4, 0.5) is 0 Å². The van der Waals surface area contributed by atoms with Crippen molar-refractivity contribution in [1.29, 1.82) is 0 Å². The van der Waals surface area contributed by atoms with E-state index in [1.807, 2.05) is 12.1 Å². The third-order valence-corrected chi connectivity index (χ3v) is 6.38. The molecular weight excluding hydrogens is 414 g/mol. The first-order chi connectivity index (χ1) is 15.1. The molecule has 1 aliphatic rings. The van der Waals surface area contributed by atoms with Crippen LogP contribution in [0, 0.1) is 0 Å². The van der Waals surface area contributed by atoms with Gasteiger partial charge in [0, 0.05) is 26.1 Å². The van der Waals surface area contributed by atoms with E-state index in [9.17, 15) is 9.59 Å². The molecule has 2 N–H and O–H groups in total. The number of hydrogen-bond donors (Lipinski definition) is 2. The smallest absolute Gasteiger partial charge is 0.259 e. The molecule has 0 atom stereocenters. The molecule has 0 bridgehead atoms. The summed E-state index contributed by atoms with van der Waals surface area (Å²) in [5.74, 6) is 0.211. The van der Waals surface area contributed by atoms with Crippen LogP contribution < -0.4 is 20.2 Å². The van der Waals surface area contributed by atoms with E-state index in [4.69, 9.17) is 9.47 Å². The van der Waals surface area contributed by atoms with E-state index in [1.165, 1.54) is 29.2 Å². The van der Waals surface area contributed by atoms with Gasteiger partial charge in [-0.3, -0.25) is 9.59 Å². The van der Waals surface area contributed by atoms with E-state index >= 15 is 0 Å². The molecule has 0 spiro atoms. The molecule has 0 aliphatic heterocycles. The van der Waals surface area contributed by atoms with E-state index < -0.39 is 0 Å². The lowest BCUT2D eigenvalue weighted by Gasteiger charge is -2.14. The molecule has 0 unspecified atom stereocenters. The quantitative estimate of drug-likeness (QED) is 0.578. The Morgan fingerprint density at radius 2 is 1.87 bits per heavy atom. The zero-order valence-corrected chi connectivity index (χ0v) is 18.2. The molecule has 1 aliphatic carbocycles. The number of hydrazone groups is 1. The first-order valence-electron chi connectivity index (χ1n) is 9.97. The number of aryl methyl sites for hydroxylation is 1. The van der Waals surface area contributed by atoms with Crippen LogP contribution in [-0.2, 0) is 11.2 Å². The highest BCUT2D eigenvalue weighted by Gasteiger charge is 2.21. The van der Waals surface area contributed by atoms with Gasteiger partial charge < -0.3 is 14.8 Å². The Kier molecular flexibility index (Phi) is 6.18. The van der Waals surface area contributed by atoms with Gasteiger partial charge in [0.1, 0.15) is 0 Å². The van der Waals surface area contributed by atoms with Crippen molar-refractivity contribution in [2.75, 3.05) is 20.8 Å². The molecular formula is C23H23N3O4S. The standard InChI is InChI=1S/C23H23N3O4S/c1-29-17-11-10-14(12-18(17)30-2)23(28)24-13-21(27)26-25-16-7-5-9-20-22(16)15-6-3-4-8-19(15)31-20/h3-4,6,8,10-12H,5,7,9,13H2,1-2H3,(H,24,28)(H,26,27)/b25-16+. The maximum Gasteiger partial charge on any atom is 0.259 e. The number of hydrogen-bond acceptors (Lipinski definition) is 6. The van der Waals surface area contributed by atoms with Crippen molar-refractivity contribution in [3.05, 3.63) is 58.5 Å². The minimum Gasteiger partial charge on any atom is -0.493 e. The first kappa shape index (κ1) is 20.9. The highest BCUT2D eigenvalue weighted by Crippen LogP contribution is 2.36. The van der Waals surface area contributed by atoms with E-state index in [1.54, 1.807) is 29.5 Å². The summed E-state index contributed by atoms with van der Waals surface area (Å²) in [6, 6.07) is 13.1. The Bertz CT molecular complexity index is 1170. The molecule has 1 heterocycles. The van der Waals surface area contributed by atoms with Crippen molar-refractivity contribution in [2.24, 2.45) is 5.10 Å². The number of carbonyl (C=O) groups is 2. The molecule has 3 aromatic rings. The molecule has 0 fully saturated rings. The zero-order chi connectivity index (χ0) is 21.8. The molecule has 0 radical (unpaired) electrons. The highest BCUT2D eigenvalue weighted by molar-refractivity contribution is 7.19. The van der Waals surface area contributed by atoms with Crippen molar-refractivity contribution < 1.29 is 19.1 Å². The van der Waals surface area contributed by atoms with E-state index in [0.717, 1.165) is 30.5 Å². The fraction of sp³-hybridized carbons (Fsp3) is 0.261. The largest absolute Gasteiger partial charge is 0.493 e. The molecule has 0 saturated carbocycles. The maximum atomic E-state index is 12.4. The Labute approximate surface area is 184 Å². The minimum absolute atomic E-state index is 0.179. The lowest BCUT2D eigenvalue weighted by atomic mass is 9.94. The number of methoxy groups -OCH3 is 2. The van der Waals surface area contributed by atoms with Crippen molar-refractivity contribution in [2.45, 2.75) is 19.3 Å². The minimum atomic E-state index is -0.382. The van der Waals surface area contributed by atoms with Gasteiger partial charge in [-0.1, -0.05) is 18.2 Å². The first-order valence-corrected chi connectivity index (χ1v) is 10.8. The van der Waals surface area contributed by atoms with Gasteiger partial charge in [-0.2, -0.15) is 5.10 Å². The Morgan fingerprint density at radius 1 is 1.06 bits per heavy atom. The summed E-state index contributed by atoms with van der Waals surface area (Å²) in [5.41, 5.74) is 4.99. The van der Waals surface area contributed by atoms with Gasteiger partial charge in [0.15, 0.2) is 11.5 Å². The molecule has 31 heavy (non-hydrogen) atoms. The predicted octanol–water partition coefficient (Wildman–Crippen LogP) is 3.51. The summed E-state index contributed by atoms with van der Waals surface area (Å²) in [5, 5.41) is 8.17. The third-order valence-electron chi connectivity index (χ3n) is 5.15. The van der Waals surface area contributed by atoms with Crippen molar-refractivity contribution in [1.82, 2.24) is 10.7 Å². The van der Waals surface area contributed by atoms with E-state index in [-0.39, 0.29) is 18.4 Å². The second-order valence-electron chi connectivity index (χ2n) is 7.10. The summed E-state index contributed by atoms with van der Waals surface area (Å²) < 4.78 is 11.6. The molecule has 2 amide bonds. The van der Waals surface area contributed by atoms with Gasteiger partial charge in [0.25, 0.3) is 11.8 Å². The highest BCUT2D eigenvalue weighted by atomic mass is 32.1. The summed E-state index contributed by atoms with van der Waals surface area (Å²) in [6.07, 6.45) is 2.85. The topological polar surface area (TPSA) is 89.0 Å². The van der Waals surface area contributed by atoms with Crippen LogP contribution in [0.25, 0.3) is 10.1 Å². The molecule has 4 rings (SSSR count). The molecule has 2 aromatic carbocycles. The summed E-state index contributed by atoms with van der Waals surface area (Å²) in [7, 11) is 3.02. The molecule has 0 saturated heterocycles. The van der Waals surface area contributed by atoms with Gasteiger partial charge in [-0.15, -0.1) is 11.3 Å². The predicted molar refractivity (Wildman–Crippen MR) is 121 cm³/mol. The van der Waals surface area contributed by atoms with Gasteiger partial charge in [-0.05, 0) is 43.5 Å². The number of nitrogens with zero attached hydrogens (tertiary/aromatic N) is 1. The average Bonchev–Trinajstić information content (AvgIpc) is 3.20. The molecule has 8 heteroatoms. The van der Waals surface area contributed by atoms with Crippen LogP contribution in [-0.4, -0.2) is 38.3 Å². The fourth-order valence-corrected chi connectivity index (χ4v) is 4.92. The lowest BCUT2D eigenvalue weighted by molar-refractivity contribution is -0.120. The van der Waals surface area contributed by atoms with Crippen molar-refractivity contribution in [3.63, 3.8) is 0 Å². The maximum absolute atomic E-state index is 12.4. The van der Waals surface area contributed by atoms with Gasteiger partial charge in [-0.25, -0.2) is 5.43 Å². The monoisotopic (exact) mass is 437 g/mol. The van der Waals surface area contributed by atoms with Crippen LogP contribution in [0.3, 0.4) is 0 Å². The van der Waals surface area contributed by atoms with Crippen LogP contribution in [0.15, 0.2) is 47.6 Å². The second kappa shape index (κ2) is 9.18. The van der Waals surface area contributed by atoms with Crippen LogP contribution >= 0.6 is 11.3 Å². The Morgan fingerprint density at radius 3 is 2.68 bits per heavy atom. The summed E-state index contributed by atoms with van der Waals surface area (Å²) >= 11 is 1.79. The Hall–Kier alpha value is -3.39. The number of rotatable bonds is 6. The number of ether oxygens (including phenoxy) is 2. The number of nitrogens with one attached hydrogen (secondary N) is 2. The fourth-order valence-electron chi connectivity index (χ4n) is 3.65. The number of fused-ring (bicyclic) bond motifs is 3. The number of benzene rings is 2.